The van der Waals surface area contributed by atoms with Gasteiger partial charge in [-0.2, -0.15) is 0 Å². The first-order chi connectivity index (χ1) is 7.54. The van der Waals surface area contributed by atoms with Gasteiger partial charge >= 0.3 is 5.97 Å². The first kappa shape index (κ1) is 10.6. The highest BCUT2D eigenvalue weighted by molar-refractivity contribution is 5.77. The topological polar surface area (TPSA) is 26.3 Å². The highest BCUT2D eigenvalue weighted by Crippen LogP contribution is 2.79. The van der Waals surface area contributed by atoms with Crippen LogP contribution in [0.5, 0.6) is 0 Å². The molecule has 3 aliphatic carbocycles. The van der Waals surface area contributed by atoms with Gasteiger partial charge in [0.15, 0.2) is 0 Å². The largest absolute Gasteiger partial charge is 0.466 e. The predicted octanol–water partition coefficient (Wildman–Crippen LogP) is 3.01. The van der Waals surface area contributed by atoms with Gasteiger partial charge in [0.1, 0.15) is 0 Å². The standard InChI is InChI=1S/C14H22O2/c1-4-16-12(15)11-8-14(11)10-6-5-9(7-10)13(14,2)3/h9-11H,4-8H2,1-3H3. The van der Waals surface area contributed by atoms with E-state index >= 15 is 0 Å². The van der Waals surface area contributed by atoms with Crippen LogP contribution in [-0.4, -0.2) is 12.6 Å². The monoisotopic (exact) mass is 222 g/mol. The average molecular weight is 222 g/mol. The Labute approximate surface area is 97.7 Å². The smallest absolute Gasteiger partial charge is 0.309 e. The molecule has 0 aromatic carbocycles. The molecule has 0 N–H and O–H groups in total. The quantitative estimate of drug-likeness (QED) is 0.671. The number of hydrogen-bond acceptors (Lipinski definition) is 2. The molecule has 3 rings (SSSR count). The van der Waals surface area contributed by atoms with Crippen molar-refractivity contribution in [2.75, 3.05) is 6.61 Å². The summed E-state index contributed by atoms with van der Waals surface area (Å²) in [5, 5.41) is 0. The molecule has 4 atom stereocenters. The summed E-state index contributed by atoms with van der Waals surface area (Å²) in [5.74, 6) is 1.96. The number of esters is 1. The Hall–Kier alpha value is -0.530. The Balaban J connectivity index is 1.84. The zero-order chi connectivity index (χ0) is 11.6. The third-order valence-corrected chi connectivity index (χ3v) is 5.96. The molecule has 16 heavy (non-hydrogen) atoms. The van der Waals surface area contributed by atoms with E-state index in [2.05, 4.69) is 13.8 Å². The number of hydrogen-bond donors (Lipinski definition) is 0. The van der Waals surface area contributed by atoms with Crippen LogP contribution < -0.4 is 0 Å². The van der Waals surface area contributed by atoms with Crippen molar-refractivity contribution in [3.8, 4) is 0 Å². The highest BCUT2D eigenvalue weighted by atomic mass is 16.5. The number of ether oxygens (including phenoxy) is 1. The molecule has 3 aliphatic rings. The van der Waals surface area contributed by atoms with Crippen molar-refractivity contribution in [1.82, 2.24) is 0 Å². The van der Waals surface area contributed by atoms with E-state index in [1.807, 2.05) is 6.92 Å². The van der Waals surface area contributed by atoms with Crippen LogP contribution in [-0.2, 0) is 9.53 Å². The summed E-state index contributed by atoms with van der Waals surface area (Å²) in [6.45, 7) is 7.20. The fourth-order valence-electron chi connectivity index (χ4n) is 4.99. The molecule has 3 saturated carbocycles. The van der Waals surface area contributed by atoms with Crippen LogP contribution in [0, 0.1) is 28.6 Å². The molecule has 1 spiro atoms. The van der Waals surface area contributed by atoms with E-state index in [1.54, 1.807) is 0 Å². The molecule has 0 amide bonds. The molecule has 0 heterocycles. The lowest BCUT2D eigenvalue weighted by Gasteiger charge is -2.39. The maximum Gasteiger partial charge on any atom is 0.309 e. The van der Waals surface area contributed by atoms with Crippen molar-refractivity contribution in [1.29, 1.82) is 0 Å². The van der Waals surface area contributed by atoms with Gasteiger partial charge in [-0.15, -0.1) is 0 Å². The van der Waals surface area contributed by atoms with Gasteiger partial charge in [0.2, 0.25) is 0 Å². The van der Waals surface area contributed by atoms with E-state index in [-0.39, 0.29) is 11.9 Å². The van der Waals surface area contributed by atoms with E-state index in [0.717, 1.165) is 18.3 Å². The number of fused-ring (bicyclic) bond motifs is 3. The highest BCUT2D eigenvalue weighted by Gasteiger charge is 2.75. The zero-order valence-electron chi connectivity index (χ0n) is 10.6. The SMILES string of the molecule is CCOC(=O)C1CC12C1CCC(C1)C2(C)C. The molecule has 0 aromatic heterocycles. The van der Waals surface area contributed by atoms with Crippen LogP contribution in [0.2, 0.25) is 0 Å². The Kier molecular flexibility index (Phi) is 2.01. The van der Waals surface area contributed by atoms with Crippen molar-refractivity contribution in [3.05, 3.63) is 0 Å². The van der Waals surface area contributed by atoms with Crippen molar-refractivity contribution in [3.63, 3.8) is 0 Å². The molecule has 4 unspecified atom stereocenters. The second-order valence-electron chi connectivity index (χ2n) is 6.48. The zero-order valence-corrected chi connectivity index (χ0v) is 10.6. The second-order valence-corrected chi connectivity index (χ2v) is 6.48. The summed E-state index contributed by atoms with van der Waals surface area (Å²) in [6, 6.07) is 0. The number of rotatable bonds is 2. The van der Waals surface area contributed by atoms with Gasteiger partial charge in [-0.1, -0.05) is 13.8 Å². The molecule has 0 aliphatic heterocycles. The average Bonchev–Trinajstić information content (AvgIpc) is 2.72. The molecular formula is C14H22O2. The molecule has 2 nitrogen and oxygen atoms in total. The fourth-order valence-corrected chi connectivity index (χ4v) is 4.99. The van der Waals surface area contributed by atoms with Gasteiger partial charge in [0.25, 0.3) is 0 Å². The number of carbonyl (C=O) groups excluding carboxylic acids is 1. The van der Waals surface area contributed by atoms with Gasteiger partial charge in [-0.05, 0) is 55.3 Å². The summed E-state index contributed by atoms with van der Waals surface area (Å²) in [4.78, 5) is 11.9. The van der Waals surface area contributed by atoms with Crippen LogP contribution in [0.15, 0.2) is 0 Å². The van der Waals surface area contributed by atoms with Crippen molar-refractivity contribution in [2.45, 2.75) is 46.5 Å². The van der Waals surface area contributed by atoms with E-state index in [4.69, 9.17) is 4.74 Å². The lowest BCUT2D eigenvalue weighted by molar-refractivity contribution is -0.147. The molecule has 0 radical (unpaired) electrons. The van der Waals surface area contributed by atoms with Gasteiger partial charge < -0.3 is 4.74 Å². The van der Waals surface area contributed by atoms with Crippen LogP contribution in [0.3, 0.4) is 0 Å². The van der Waals surface area contributed by atoms with Gasteiger partial charge in [0.05, 0.1) is 12.5 Å². The van der Waals surface area contributed by atoms with Crippen LogP contribution in [0.25, 0.3) is 0 Å². The van der Waals surface area contributed by atoms with Gasteiger partial charge in [-0.25, -0.2) is 0 Å². The first-order valence-electron chi connectivity index (χ1n) is 6.70. The van der Waals surface area contributed by atoms with Crippen LogP contribution >= 0.6 is 0 Å². The van der Waals surface area contributed by atoms with Gasteiger partial charge in [-0.3, -0.25) is 4.79 Å². The van der Waals surface area contributed by atoms with Crippen LogP contribution in [0.4, 0.5) is 0 Å². The van der Waals surface area contributed by atoms with Crippen LogP contribution in [0.1, 0.15) is 46.5 Å². The summed E-state index contributed by atoms with van der Waals surface area (Å²) < 4.78 is 5.21. The number of carbonyl (C=O) groups is 1. The Bertz CT molecular complexity index is 334. The molecule has 0 saturated heterocycles. The van der Waals surface area contributed by atoms with E-state index < -0.39 is 0 Å². The lowest BCUT2D eigenvalue weighted by atomic mass is 9.65. The molecule has 90 valence electrons. The lowest BCUT2D eigenvalue weighted by Crippen LogP contribution is -2.35. The normalized spacial score (nSPS) is 47.3. The summed E-state index contributed by atoms with van der Waals surface area (Å²) in [5.41, 5.74) is 0.690. The third kappa shape index (κ3) is 1.01. The van der Waals surface area contributed by atoms with E-state index in [0.29, 0.717) is 17.4 Å². The molecule has 2 heteroatoms. The second kappa shape index (κ2) is 3.02. The summed E-state index contributed by atoms with van der Waals surface area (Å²) in [6.07, 6.45) is 5.20. The first-order valence-corrected chi connectivity index (χ1v) is 6.70. The molecule has 2 bridgehead atoms. The minimum absolute atomic E-state index is 0.0723. The van der Waals surface area contributed by atoms with Crippen molar-refractivity contribution >= 4 is 5.97 Å². The Morgan fingerprint density at radius 3 is 2.56 bits per heavy atom. The fraction of sp³-hybridized carbons (Fsp3) is 0.929. The minimum Gasteiger partial charge on any atom is -0.466 e. The Morgan fingerprint density at radius 2 is 2.00 bits per heavy atom. The third-order valence-electron chi connectivity index (χ3n) is 5.96. The van der Waals surface area contributed by atoms with Crippen molar-refractivity contribution < 1.29 is 9.53 Å². The summed E-state index contributed by atoms with van der Waals surface area (Å²) >= 11 is 0. The van der Waals surface area contributed by atoms with Gasteiger partial charge in [0, 0.05) is 0 Å². The predicted molar refractivity (Wildman–Crippen MR) is 61.8 cm³/mol. The van der Waals surface area contributed by atoms with Crippen molar-refractivity contribution in [2.24, 2.45) is 28.6 Å². The molecular weight excluding hydrogens is 200 g/mol. The van der Waals surface area contributed by atoms with E-state index in [9.17, 15) is 4.79 Å². The van der Waals surface area contributed by atoms with E-state index in [1.165, 1.54) is 19.3 Å². The minimum atomic E-state index is 0.0723. The molecule has 0 aromatic rings. The maximum atomic E-state index is 11.9. The molecule has 3 fully saturated rings. The Morgan fingerprint density at radius 1 is 1.31 bits per heavy atom. The maximum absolute atomic E-state index is 11.9. The summed E-state index contributed by atoms with van der Waals surface area (Å²) in [7, 11) is 0.